The Morgan fingerprint density at radius 1 is 0.788 bits per heavy atom. The molecule has 0 saturated heterocycles. The van der Waals surface area contributed by atoms with Gasteiger partial charge in [-0.15, -0.1) is 0 Å². The predicted molar refractivity (Wildman–Crippen MR) is 143 cm³/mol. The quantitative estimate of drug-likeness (QED) is 0.288. The van der Waals surface area contributed by atoms with Crippen LogP contribution in [0, 0.1) is 31.6 Å². The van der Waals surface area contributed by atoms with Crippen molar-refractivity contribution in [3.8, 4) is 17.2 Å². The zero-order valence-corrected chi connectivity index (χ0v) is 21.9. The van der Waals surface area contributed by atoms with E-state index in [9.17, 15) is 4.79 Å². The molecule has 0 aliphatic rings. The molecule has 0 aromatic heterocycles. The van der Waals surface area contributed by atoms with Crippen molar-refractivity contribution >= 4 is 38.3 Å². The first-order valence-corrected chi connectivity index (χ1v) is 12.5. The van der Waals surface area contributed by atoms with Crippen LogP contribution in [-0.2, 0) is 0 Å². The van der Waals surface area contributed by atoms with Crippen molar-refractivity contribution in [1.29, 1.82) is 0 Å². The van der Waals surface area contributed by atoms with Crippen molar-refractivity contribution in [2.75, 3.05) is 19.8 Å². The Morgan fingerprint density at radius 3 is 1.64 bits per heavy atom. The summed E-state index contributed by atoms with van der Waals surface area (Å²) in [4.78, 5) is 13.4. The summed E-state index contributed by atoms with van der Waals surface area (Å²) in [6, 6.07) is 9.78. The first-order valence-electron chi connectivity index (χ1n) is 11.5. The standard InChI is InChI=1S/C27H39O4P.Li.H/c1-17(2)14-29-22-12-23(30-15-18(3)4)26(24(13-22)31-16-19(5)6)32-27(28)25-20(7)10-9-11-21(25)8;;/h9-13,17-19,32H,14-16H2,1-8H3;;. The van der Waals surface area contributed by atoms with E-state index in [2.05, 4.69) is 41.5 Å². The molecule has 33 heavy (non-hydrogen) atoms. The van der Waals surface area contributed by atoms with Gasteiger partial charge in [0.1, 0.15) is 17.2 Å². The molecule has 178 valence electrons. The molecule has 0 heterocycles. The van der Waals surface area contributed by atoms with Gasteiger partial charge in [-0.2, -0.15) is 0 Å². The number of aryl methyl sites for hydroxylation is 2. The fourth-order valence-electron chi connectivity index (χ4n) is 3.12. The van der Waals surface area contributed by atoms with E-state index < -0.39 is 0 Å². The van der Waals surface area contributed by atoms with Crippen molar-refractivity contribution < 1.29 is 19.0 Å². The zero-order chi connectivity index (χ0) is 23.8. The maximum absolute atomic E-state index is 13.4. The van der Waals surface area contributed by atoms with E-state index in [-0.39, 0.29) is 33.0 Å². The first-order chi connectivity index (χ1) is 15.1. The molecule has 0 aliphatic carbocycles. The molecule has 1 atom stereocenters. The van der Waals surface area contributed by atoms with Crippen LogP contribution in [0.1, 0.15) is 63.0 Å². The Hall–Kier alpha value is -1.46. The first kappa shape index (κ1) is 29.6. The molecule has 1 unspecified atom stereocenters. The molecule has 0 amide bonds. The minimum absolute atomic E-state index is 0. The molecule has 2 aromatic carbocycles. The van der Waals surface area contributed by atoms with Gasteiger partial charge < -0.3 is 14.2 Å². The number of rotatable bonds is 12. The van der Waals surface area contributed by atoms with E-state index in [4.69, 9.17) is 14.2 Å². The Labute approximate surface area is 214 Å². The summed E-state index contributed by atoms with van der Waals surface area (Å²) >= 11 is 0. The van der Waals surface area contributed by atoms with Gasteiger partial charge in [0.25, 0.3) is 0 Å². The molecule has 0 N–H and O–H groups in total. The Bertz CT molecular complexity index is 856. The van der Waals surface area contributed by atoms with Gasteiger partial charge in [0, 0.05) is 17.7 Å². The van der Waals surface area contributed by atoms with Crippen molar-refractivity contribution in [2.45, 2.75) is 55.4 Å². The summed E-state index contributed by atoms with van der Waals surface area (Å²) in [5.74, 6) is 3.20. The zero-order valence-electron chi connectivity index (χ0n) is 20.9. The van der Waals surface area contributed by atoms with Gasteiger partial charge in [-0.05, 0) is 51.3 Å². The molecule has 4 nitrogen and oxygen atoms in total. The van der Waals surface area contributed by atoms with E-state index >= 15 is 0 Å². The molecule has 6 heteroatoms. The average molecular weight is 467 g/mol. The van der Waals surface area contributed by atoms with E-state index in [0.717, 1.165) is 22.0 Å². The van der Waals surface area contributed by atoms with Gasteiger partial charge >= 0.3 is 18.9 Å². The van der Waals surface area contributed by atoms with E-state index in [1.165, 1.54) is 0 Å². The Morgan fingerprint density at radius 2 is 1.21 bits per heavy atom. The SMILES string of the molecule is Cc1cccc(C)c1C(=O)Pc1c(OCC(C)C)cc(OCC(C)C)cc1OCC(C)C.[LiH]. The van der Waals surface area contributed by atoms with Crippen LogP contribution < -0.4 is 19.5 Å². The normalized spacial score (nSPS) is 11.4. The fraction of sp³-hybridized carbons (Fsp3) is 0.519. The fourth-order valence-corrected chi connectivity index (χ4v) is 4.41. The maximum atomic E-state index is 13.4. The van der Waals surface area contributed by atoms with E-state index in [1.54, 1.807) is 0 Å². The van der Waals surface area contributed by atoms with Crippen molar-refractivity contribution in [2.24, 2.45) is 17.8 Å². The van der Waals surface area contributed by atoms with E-state index in [0.29, 0.717) is 54.8 Å². The second-order valence-electron chi connectivity index (χ2n) is 9.63. The molecule has 0 aliphatic heterocycles. The molecule has 0 radical (unpaired) electrons. The van der Waals surface area contributed by atoms with Crippen LogP contribution in [0.5, 0.6) is 17.2 Å². The van der Waals surface area contributed by atoms with E-state index in [1.807, 2.05) is 44.2 Å². The van der Waals surface area contributed by atoms with Gasteiger partial charge in [0.15, 0.2) is 5.52 Å². The molecule has 0 bridgehead atoms. The number of hydrogen-bond acceptors (Lipinski definition) is 4. The van der Waals surface area contributed by atoms with Crippen LogP contribution in [0.3, 0.4) is 0 Å². The third-order valence-electron chi connectivity index (χ3n) is 4.71. The summed E-state index contributed by atoms with van der Waals surface area (Å²) in [5, 5.41) is 0.816. The van der Waals surface area contributed by atoms with Crippen molar-refractivity contribution in [1.82, 2.24) is 0 Å². The van der Waals surface area contributed by atoms with Crippen LogP contribution in [0.25, 0.3) is 0 Å². The Balaban J connectivity index is 0.00000544. The average Bonchev–Trinajstić information content (AvgIpc) is 2.70. The third-order valence-corrected chi connectivity index (χ3v) is 5.93. The second kappa shape index (κ2) is 14.1. The number of hydrogen-bond donors (Lipinski definition) is 0. The summed E-state index contributed by atoms with van der Waals surface area (Å²) in [5.41, 5.74) is 2.87. The number of carbonyl (C=O) groups excluding carboxylic acids is 1. The number of carbonyl (C=O) groups is 1. The molecule has 0 saturated carbocycles. The number of ether oxygens (including phenoxy) is 3. The van der Waals surface area contributed by atoms with Crippen LogP contribution >= 0.6 is 8.58 Å². The minimum atomic E-state index is -0.0977. The van der Waals surface area contributed by atoms with Gasteiger partial charge in [-0.3, -0.25) is 4.79 Å². The Kier molecular flexibility index (Phi) is 12.6. The second-order valence-corrected chi connectivity index (χ2v) is 10.8. The summed E-state index contributed by atoms with van der Waals surface area (Å²) < 4.78 is 18.4. The van der Waals surface area contributed by atoms with Gasteiger partial charge in [-0.25, -0.2) is 0 Å². The van der Waals surface area contributed by atoms with Gasteiger partial charge in [-0.1, -0.05) is 59.7 Å². The summed E-state index contributed by atoms with van der Waals surface area (Å²) in [6.07, 6.45) is 0. The molecule has 0 fully saturated rings. The van der Waals surface area contributed by atoms with Crippen LogP contribution in [0.2, 0.25) is 0 Å². The molecule has 2 aromatic rings. The van der Waals surface area contributed by atoms with Gasteiger partial charge in [0.2, 0.25) is 0 Å². The molecule has 0 spiro atoms. The molecular formula is C27H40LiO4P. The van der Waals surface area contributed by atoms with Crippen molar-refractivity contribution in [3.63, 3.8) is 0 Å². The summed E-state index contributed by atoms with van der Waals surface area (Å²) in [7, 11) is -0.0977. The van der Waals surface area contributed by atoms with Crippen LogP contribution in [-0.4, -0.2) is 44.2 Å². The van der Waals surface area contributed by atoms with Crippen LogP contribution in [0.4, 0.5) is 0 Å². The molecule has 2 rings (SSSR count). The predicted octanol–water partition coefficient (Wildman–Crippen LogP) is 5.90. The topological polar surface area (TPSA) is 44.8 Å². The van der Waals surface area contributed by atoms with Crippen molar-refractivity contribution in [3.05, 3.63) is 47.0 Å². The number of benzene rings is 2. The van der Waals surface area contributed by atoms with Crippen LogP contribution in [0.15, 0.2) is 30.3 Å². The molecular weight excluding hydrogens is 426 g/mol. The third kappa shape index (κ3) is 9.36. The summed E-state index contributed by atoms with van der Waals surface area (Å²) in [6.45, 7) is 18.4. The van der Waals surface area contributed by atoms with Gasteiger partial charge in [0.05, 0.1) is 25.1 Å². The monoisotopic (exact) mass is 466 g/mol.